The van der Waals surface area contributed by atoms with Crippen LogP contribution in [0.2, 0.25) is 0 Å². The topological polar surface area (TPSA) is 67.4 Å². The Morgan fingerprint density at radius 1 is 1.17 bits per heavy atom. The molecule has 1 unspecified atom stereocenters. The zero-order valence-electron chi connectivity index (χ0n) is 13.8. The van der Waals surface area contributed by atoms with Gasteiger partial charge in [-0.25, -0.2) is 0 Å². The van der Waals surface area contributed by atoms with Gasteiger partial charge in [0.2, 0.25) is 5.91 Å². The van der Waals surface area contributed by atoms with Crippen LogP contribution in [0, 0.1) is 5.92 Å². The van der Waals surface area contributed by atoms with Gasteiger partial charge in [-0.15, -0.1) is 0 Å². The monoisotopic (exact) mass is 328 g/mol. The molecule has 0 radical (unpaired) electrons. The third-order valence-corrected chi connectivity index (χ3v) is 5.44. The maximum atomic E-state index is 12.7. The summed E-state index contributed by atoms with van der Waals surface area (Å²) < 4.78 is 5.77. The molecule has 1 heterocycles. The SMILES string of the molecule is O=C(NC1(C(=O)NCC2CC2)CCCC1)C1Cc2ccccc2O1. The lowest BCUT2D eigenvalue weighted by Crippen LogP contribution is -2.59. The van der Waals surface area contributed by atoms with Crippen molar-refractivity contribution in [2.45, 2.75) is 56.6 Å². The third kappa shape index (κ3) is 2.99. The van der Waals surface area contributed by atoms with Crippen molar-refractivity contribution in [1.29, 1.82) is 0 Å². The van der Waals surface area contributed by atoms with Crippen LogP contribution >= 0.6 is 0 Å². The fraction of sp³-hybridized carbons (Fsp3) is 0.579. The molecule has 2 N–H and O–H groups in total. The normalized spacial score (nSPS) is 24.1. The van der Waals surface area contributed by atoms with E-state index in [0.717, 1.165) is 43.5 Å². The predicted octanol–water partition coefficient (Wildman–Crippen LogP) is 1.95. The zero-order valence-corrected chi connectivity index (χ0v) is 13.8. The molecule has 24 heavy (non-hydrogen) atoms. The van der Waals surface area contributed by atoms with Gasteiger partial charge < -0.3 is 15.4 Å². The second-order valence-corrected chi connectivity index (χ2v) is 7.35. The van der Waals surface area contributed by atoms with Crippen LogP contribution < -0.4 is 15.4 Å². The highest BCUT2D eigenvalue weighted by molar-refractivity contribution is 5.93. The van der Waals surface area contributed by atoms with Crippen molar-refractivity contribution in [3.05, 3.63) is 29.8 Å². The summed E-state index contributed by atoms with van der Waals surface area (Å²) in [5.74, 6) is 1.22. The van der Waals surface area contributed by atoms with Gasteiger partial charge in [-0.2, -0.15) is 0 Å². The van der Waals surface area contributed by atoms with Crippen LogP contribution in [0.25, 0.3) is 0 Å². The third-order valence-electron chi connectivity index (χ3n) is 5.44. The molecule has 3 aliphatic rings. The Morgan fingerprint density at radius 3 is 2.62 bits per heavy atom. The van der Waals surface area contributed by atoms with Crippen molar-refractivity contribution in [1.82, 2.24) is 10.6 Å². The van der Waals surface area contributed by atoms with Gasteiger partial charge in [0.25, 0.3) is 5.91 Å². The summed E-state index contributed by atoms with van der Waals surface area (Å²) in [7, 11) is 0. The summed E-state index contributed by atoms with van der Waals surface area (Å²) >= 11 is 0. The van der Waals surface area contributed by atoms with E-state index < -0.39 is 11.6 Å². The highest BCUT2D eigenvalue weighted by atomic mass is 16.5. The number of benzene rings is 1. The van der Waals surface area contributed by atoms with Gasteiger partial charge in [-0.1, -0.05) is 31.0 Å². The Morgan fingerprint density at radius 2 is 1.92 bits per heavy atom. The van der Waals surface area contributed by atoms with E-state index in [0.29, 0.717) is 12.3 Å². The molecule has 1 atom stereocenters. The second kappa shape index (κ2) is 6.11. The van der Waals surface area contributed by atoms with E-state index in [1.54, 1.807) is 0 Å². The van der Waals surface area contributed by atoms with Gasteiger partial charge in [0.1, 0.15) is 11.3 Å². The van der Waals surface area contributed by atoms with Gasteiger partial charge in [0.05, 0.1) is 0 Å². The zero-order chi connectivity index (χ0) is 16.6. The molecule has 0 aromatic heterocycles. The number of carbonyl (C=O) groups excluding carboxylic acids is 2. The van der Waals surface area contributed by atoms with E-state index in [1.165, 1.54) is 12.8 Å². The molecule has 4 rings (SSSR count). The van der Waals surface area contributed by atoms with E-state index in [1.807, 2.05) is 24.3 Å². The fourth-order valence-corrected chi connectivity index (χ4v) is 3.76. The van der Waals surface area contributed by atoms with E-state index in [4.69, 9.17) is 4.74 Å². The summed E-state index contributed by atoms with van der Waals surface area (Å²) in [6, 6.07) is 7.72. The molecule has 2 fully saturated rings. The minimum Gasteiger partial charge on any atom is -0.480 e. The molecule has 5 heteroatoms. The Kier molecular flexibility index (Phi) is 3.94. The van der Waals surface area contributed by atoms with Gasteiger partial charge in [-0.05, 0) is 43.2 Å². The molecular formula is C19H24N2O3. The summed E-state index contributed by atoms with van der Waals surface area (Å²) in [5.41, 5.74) is 0.306. The van der Waals surface area contributed by atoms with Crippen molar-refractivity contribution in [2.75, 3.05) is 6.54 Å². The molecular weight excluding hydrogens is 304 g/mol. The standard InChI is InChI=1S/C19H24N2O3/c22-17(16-11-14-5-1-2-6-15(14)24-16)21-19(9-3-4-10-19)18(23)20-12-13-7-8-13/h1-2,5-6,13,16H,3-4,7-12H2,(H,20,23)(H,21,22). The number of carbonyl (C=O) groups is 2. The maximum Gasteiger partial charge on any atom is 0.262 e. The fourth-order valence-electron chi connectivity index (χ4n) is 3.76. The molecule has 128 valence electrons. The van der Waals surface area contributed by atoms with Gasteiger partial charge in [0, 0.05) is 13.0 Å². The molecule has 5 nitrogen and oxygen atoms in total. The van der Waals surface area contributed by atoms with E-state index in [2.05, 4.69) is 10.6 Å². The first kappa shape index (κ1) is 15.5. The first-order valence-corrected chi connectivity index (χ1v) is 9.01. The molecule has 0 spiro atoms. The average molecular weight is 328 g/mol. The minimum atomic E-state index is -0.746. The Balaban J connectivity index is 1.41. The van der Waals surface area contributed by atoms with Crippen molar-refractivity contribution >= 4 is 11.8 Å². The van der Waals surface area contributed by atoms with E-state index in [-0.39, 0.29) is 11.8 Å². The molecule has 0 bridgehead atoms. The molecule has 2 saturated carbocycles. The van der Waals surface area contributed by atoms with Crippen LogP contribution in [0.3, 0.4) is 0 Å². The molecule has 0 saturated heterocycles. The number of nitrogens with one attached hydrogen (secondary N) is 2. The highest BCUT2D eigenvalue weighted by Crippen LogP contribution is 2.33. The number of rotatable bonds is 5. The molecule has 1 aliphatic heterocycles. The highest BCUT2D eigenvalue weighted by Gasteiger charge is 2.44. The molecule has 1 aromatic carbocycles. The van der Waals surface area contributed by atoms with Gasteiger partial charge in [-0.3, -0.25) is 9.59 Å². The summed E-state index contributed by atoms with van der Waals surface area (Å²) in [4.78, 5) is 25.4. The first-order chi connectivity index (χ1) is 11.7. The van der Waals surface area contributed by atoms with Crippen LogP contribution in [0.5, 0.6) is 5.75 Å². The predicted molar refractivity (Wildman–Crippen MR) is 89.6 cm³/mol. The van der Waals surface area contributed by atoms with Crippen molar-refractivity contribution in [3.63, 3.8) is 0 Å². The van der Waals surface area contributed by atoms with Gasteiger partial charge >= 0.3 is 0 Å². The van der Waals surface area contributed by atoms with Crippen LogP contribution in [0.4, 0.5) is 0 Å². The lowest BCUT2D eigenvalue weighted by Gasteiger charge is -2.30. The van der Waals surface area contributed by atoms with Crippen molar-refractivity contribution < 1.29 is 14.3 Å². The minimum absolute atomic E-state index is 0.0178. The summed E-state index contributed by atoms with van der Waals surface area (Å²) in [6.45, 7) is 0.738. The van der Waals surface area contributed by atoms with Crippen LogP contribution in [-0.4, -0.2) is 30.0 Å². The number of ether oxygens (including phenoxy) is 1. The summed E-state index contributed by atoms with van der Waals surface area (Å²) in [6.07, 6.45) is 5.83. The number of hydrogen-bond acceptors (Lipinski definition) is 3. The van der Waals surface area contributed by atoms with Crippen molar-refractivity contribution in [3.8, 4) is 5.75 Å². The second-order valence-electron chi connectivity index (χ2n) is 7.35. The quantitative estimate of drug-likeness (QED) is 0.868. The van der Waals surface area contributed by atoms with Crippen molar-refractivity contribution in [2.24, 2.45) is 5.92 Å². The molecule has 2 aliphatic carbocycles. The largest absolute Gasteiger partial charge is 0.480 e. The number of fused-ring (bicyclic) bond motifs is 1. The van der Waals surface area contributed by atoms with Gasteiger partial charge in [0.15, 0.2) is 6.10 Å². The van der Waals surface area contributed by atoms with Crippen LogP contribution in [-0.2, 0) is 16.0 Å². The smallest absolute Gasteiger partial charge is 0.262 e. The average Bonchev–Trinajstić information content (AvgIpc) is 3.11. The maximum absolute atomic E-state index is 12.7. The Bertz CT molecular complexity index is 623. The number of amides is 2. The lowest BCUT2D eigenvalue weighted by molar-refractivity contribution is -0.136. The van der Waals surface area contributed by atoms with E-state index in [9.17, 15) is 9.59 Å². The Hall–Kier alpha value is -2.04. The lowest BCUT2D eigenvalue weighted by atomic mass is 9.95. The molecule has 1 aromatic rings. The van der Waals surface area contributed by atoms with Crippen LogP contribution in [0.1, 0.15) is 44.1 Å². The summed E-state index contributed by atoms with van der Waals surface area (Å²) in [5, 5.41) is 6.08. The van der Waals surface area contributed by atoms with Crippen LogP contribution in [0.15, 0.2) is 24.3 Å². The Labute approximate surface area is 142 Å². The van der Waals surface area contributed by atoms with E-state index >= 15 is 0 Å². The first-order valence-electron chi connectivity index (χ1n) is 9.01. The number of hydrogen-bond donors (Lipinski definition) is 2. The number of para-hydroxylation sites is 1. The molecule has 2 amide bonds.